The summed E-state index contributed by atoms with van der Waals surface area (Å²) in [6.45, 7) is 5.96. The van der Waals surface area contributed by atoms with Gasteiger partial charge >= 0.3 is 0 Å². The van der Waals surface area contributed by atoms with Crippen LogP contribution in [0, 0.1) is 6.92 Å². The molecule has 1 amide bonds. The first-order chi connectivity index (χ1) is 8.47. The van der Waals surface area contributed by atoms with Gasteiger partial charge in [-0.15, -0.1) is 0 Å². The van der Waals surface area contributed by atoms with Gasteiger partial charge in [0.15, 0.2) is 0 Å². The van der Waals surface area contributed by atoms with Gasteiger partial charge in [0.25, 0.3) is 5.91 Å². The fourth-order valence-electron chi connectivity index (χ4n) is 1.69. The Morgan fingerprint density at radius 1 is 1.50 bits per heavy atom. The Morgan fingerprint density at radius 3 is 2.72 bits per heavy atom. The lowest BCUT2D eigenvalue weighted by Crippen LogP contribution is -2.29. The molecule has 0 fully saturated rings. The van der Waals surface area contributed by atoms with E-state index >= 15 is 0 Å². The Labute approximate surface area is 113 Å². The maximum Gasteiger partial charge on any atom is 0.271 e. The van der Waals surface area contributed by atoms with E-state index < -0.39 is 0 Å². The third-order valence-electron chi connectivity index (χ3n) is 2.64. The van der Waals surface area contributed by atoms with E-state index in [2.05, 4.69) is 15.3 Å². The second kappa shape index (κ2) is 6.75. The second-order valence-corrected chi connectivity index (χ2v) is 4.85. The number of hydrogen-bond donors (Lipinski definition) is 1. The van der Waals surface area contributed by atoms with E-state index in [4.69, 9.17) is 11.6 Å². The summed E-state index contributed by atoms with van der Waals surface area (Å²) in [7, 11) is 4.02. The van der Waals surface area contributed by atoms with Crippen LogP contribution >= 0.6 is 11.6 Å². The number of rotatable bonds is 6. The molecule has 0 saturated heterocycles. The molecule has 0 atom stereocenters. The zero-order valence-corrected chi connectivity index (χ0v) is 12.2. The molecule has 1 rings (SSSR count). The Kier molecular flexibility index (Phi) is 5.62. The number of halogens is 1. The fraction of sp³-hybridized carbons (Fsp3) is 0.667. The molecule has 0 spiro atoms. The van der Waals surface area contributed by atoms with Gasteiger partial charge in [0.2, 0.25) is 0 Å². The van der Waals surface area contributed by atoms with Crippen LogP contribution in [-0.4, -0.2) is 47.8 Å². The zero-order chi connectivity index (χ0) is 13.7. The quantitative estimate of drug-likeness (QED) is 0.800. The molecule has 0 aliphatic rings. The number of aryl methyl sites for hydroxylation is 2. The molecule has 1 N–H and O–H groups in total. The van der Waals surface area contributed by atoms with Gasteiger partial charge in [0.1, 0.15) is 5.69 Å². The van der Waals surface area contributed by atoms with E-state index in [-0.39, 0.29) is 5.91 Å². The molecule has 0 saturated carbocycles. The molecule has 1 heterocycles. The van der Waals surface area contributed by atoms with Crippen molar-refractivity contribution in [3.05, 3.63) is 16.4 Å². The molecule has 0 aromatic carbocycles. The molecule has 0 aliphatic heterocycles. The van der Waals surface area contributed by atoms with E-state index in [9.17, 15) is 4.79 Å². The Morgan fingerprint density at radius 2 is 2.17 bits per heavy atom. The van der Waals surface area contributed by atoms with Crippen molar-refractivity contribution in [1.82, 2.24) is 20.0 Å². The maximum absolute atomic E-state index is 12.0. The highest BCUT2D eigenvalue weighted by Crippen LogP contribution is 2.19. The molecule has 102 valence electrons. The highest BCUT2D eigenvalue weighted by molar-refractivity contribution is 6.34. The van der Waals surface area contributed by atoms with E-state index in [0.717, 1.165) is 13.0 Å². The molecule has 6 heteroatoms. The van der Waals surface area contributed by atoms with E-state index in [0.29, 0.717) is 29.5 Å². The normalized spacial score (nSPS) is 11.0. The summed E-state index contributed by atoms with van der Waals surface area (Å²) in [5.74, 6) is -0.152. The maximum atomic E-state index is 12.0. The standard InChI is InChI=1S/C12H21ClN4O/c1-5-17-11(10(13)9(2)15-17)12(18)14-7-6-8-16(3)4/h5-8H2,1-4H3,(H,14,18). The van der Waals surface area contributed by atoms with Crippen LogP contribution in [0.5, 0.6) is 0 Å². The van der Waals surface area contributed by atoms with E-state index in [1.807, 2.05) is 21.0 Å². The minimum atomic E-state index is -0.152. The lowest BCUT2D eigenvalue weighted by molar-refractivity contribution is 0.0942. The fourth-order valence-corrected chi connectivity index (χ4v) is 1.91. The number of aromatic nitrogens is 2. The van der Waals surface area contributed by atoms with Crippen LogP contribution in [0.2, 0.25) is 5.02 Å². The van der Waals surface area contributed by atoms with Crippen molar-refractivity contribution in [3.8, 4) is 0 Å². The highest BCUT2D eigenvalue weighted by Gasteiger charge is 2.19. The Bertz CT molecular complexity index is 414. The first-order valence-corrected chi connectivity index (χ1v) is 6.51. The van der Waals surface area contributed by atoms with Gasteiger partial charge in [-0.3, -0.25) is 9.48 Å². The number of amides is 1. The summed E-state index contributed by atoms with van der Waals surface area (Å²) >= 11 is 6.10. The smallest absolute Gasteiger partial charge is 0.271 e. The highest BCUT2D eigenvalue weighted by atomic mass is 35.5. The number of nitrogens with one attached hydrogen (secondary N) is 1. The number of hydrogen-bond acceptors (Lipinski definition) is 3. The largest absolute Gasteiger partial charge is 0.351 e. The van der Waals surface area contributed by atoms with Crippen LogP contribution in [0.3, 0.4) is 0 Å². The monoisotopic (exact) mass is 272 g/mol. The molecular formula is C12H21ClN4O. The zero-order valence-electron chi connectivity index (χ0n) is 11.5. The molecule has 5 nitrogen and oxygen atoms in total. The summed E-state index contributed by atoms with van der Waals surface area (Å²) in [5, 5.41) is 7.54. The SMILES string of the molecule is CCn1nc(C)c(Cl)c1C(=O)NCCCN(C)C. The van der Waals surface area contributed by atoms with Crippen LogP contribution in [0.25, 0.3) is 0 Å². The van der Waals surface area contributed by atoms with Crippen LogP contribution in [0.15, 0.2) is 0 Å². The van der Waals surface area contributed by atoms with Gasteiger partial charge < -0.3 is 10.2 Å². The van der Waals surface area contributed by atoms with Gasteiger partial charge in [0.05, 0.1) is 10.7 Å². The summed E-state index contributed by atoms with van der Waals surface area (Å²) in [5.41, 5.74) is 1.15. The van der Waals surface area contributed by atoms with Crippen LogP contribution in [-0.2, 0) is 6.54 Å². The predicted octanol–water partition coefficient (Wildman–Crippen LogP) is 1.55. The van der Waals surface area contributed by atoms with Crippen molar-refractivity contribution in [1.29, 1.82) is 0 Å². The van der Waals surface area contributed by atoms with Gasteiger partial charge in [-0.2, -0.15) is 5.10 Å². The average molecular weight is 273 g/mol. The van der Waals surface area contributed by atoms with Gasteiger partial charge in [0, 0.05) is 13.1 Å². The van der Waals surface area contributed by atoms with Gasteiger partial charge in [-0.25, -0.2) is 0 Å². The predicted molar refractivity (Wildman–Crippen MR) is 73.2 cm³/mol. The molecule has 0 aliphatic carbocycles. The number of carbonyl (C=O) groups is 1. The van der Waals surface area contributed by atoms with Crippen molar-refractivity contribution in [2.45, 2.75) is 26.8 Å². The first kappa shape index (κ1) is 15.0. The minimum absolute atomic E-state index is 0.152. The molecule has 0 radical (unpaired) electrons. The molecule has 1 aromatic heterocycles. The average Bonchev–Trinajstić information content (AvgIpc) is 2.60. The van der Waals surface area contributed by atoms with Gasteiger partial charge in [-0.1, -0.05) is 11.6 Å². The molecule has 18 heavy (non-hydrogen) atoms. The first-order valence-electron chi connectivity index (χ1n) is 6.13. The van der Waals surface area contributed by atoms with Crippen molar-refractivity contribution in [2.75, 3.05) is 27.2 Å². The molecule has 0 unspecified atom stereocenters. The summed E-state index contributed by atoms with van der Waals surface area (Å²) in [6, 6.07) is 0. The lowest BCUT2D eigenvalue weighted by atomic mass is 10.3. The summed E-state index contributed by atoms with van der Waals surface area (Å²) < 4.78 is 1.64. The molecular weight excluding hydrogens is 252 g/mol. The van der Waals surface area contributed by atoms with Crippen LogP contribution in [0.1, 0.15) is 29.5 Å². The van der Waals surface area contributed by atoms with E-state index in [1.165, 1.54) is 0 Å². The van der Waals surface area contributed by atoms with E-state index in [1.54, 1.807) is 11.6 Å². The van der Waals surface area contributed by atoms with Crippen molar-refractivity contribution in [2.24, 2.45) is 0 Å². The Balaban J connectivity index is 2.61. The summed E-state index contributed by atoms with van der Waals surface area (Å²) in [6.07, 6.45) is 0.912. The third-order valence-corrected chi connectivity index (χ3v) is 3.09. The van der Waals surface area contributed by atoms with Crippen molar-refractivity contribution in [3.63, 3.8) is 0 Å². The topological polar surface area (TPSA) is 50.2 Å². The Hall–Kier alpha value is -1.07. The minimum Gasteiger partial charge on any atom is -0.351 e. The van der Waals surface area contributed by atoms with Crippen LogP contribution < -0.4 is 5.32 Å². The van der Waals surface area contributed by atoms with Gasteiger partial charge in [-0.05, 0) is 40.9 Å². The van der Waals surface area contributed by atoms with Crippen LogP contribution in [0.4, 0.5) is 0 Å². The van der Waals surface area contributed by atoms with Crippen molar-refractivity contribution < 1.29 is 4.79 Å². The third kappa shape index (κ3) is 3.71. The second-order valence-electron chi connectivity index (χ2n) is 4.48. The molecule has 0 bridgehead atoms. The van der Waals surface area contributed by atoms with Crippen molar-refractivity contribution >= 4 is 17.5 Å². The summed E-state index contributed by atoms with van der Waals surface area (Å²) in [4.78, 5) is 14.1. The molecule has 1 aromatic rings. The number of carbonyl (C=O) groups excluding carboxylic acids is 1. The number of nitrogens with zero attached hydrogens (tertiary/aromatic N) is 3. The lowest BCUT2D eigenvalue weighted by Gasteiger charge is -2.10.